The van der Waals surface area contributed by atoms with E-state index in [1.807, 2.05) is 19.9 Å². The Morgan fingerprint density at radius 1 is 1.48 bits per heavy atom. The molecule has 0 bridgehead atoms. The van der Waals surface area contributed by atoms with Gasteiger partial charge < -0.3 is 9.72 Å². The van der Waals surface area contributed by atoms with Crippen LogP contribution in [0.3, 0.4) is 0 Å². The van der Waals surface area contributed by atoms with E-state index in [1.165, 1.54) is 15.9 Å². The van der Waals surface area contributed by atoms with Gasteiger partial charge in [-0.15, -0.1) is 11.3 Å². The molecule has 2 aromatic rings. The van der Waals surface area contributed by atoms with Crippen LogP contribution in [-0.2, 0) is 22.5 Å². The number of hydrogen-bond acceptors (Lipinski definition) is 5. The highest BCUT2D eigenvalue weighted by Gasteiger charge is 2.12. The van der Waals surface area contributed by atoms with Gasteiger partial charge in [0.2, 0.25) is 0 Å². The Kier molecular flexibility index (Phi) is 5.30. The molecule has 5 nitrogen and oxygen atoms in total. The molecule has 0 aromatic carbocycles. The Hall–Kier alpha value is -1.47. The minimum Gasteiger partial charge on any atom is -0.464 e. The molecule has 0 radical (unpaired) electrons. The third-order valence-corrected chi connectivity index (χ3v) is 4.64. The molecule has 7 heteroatoms. The maximum atomic E-state index is 12.4. The summed E-state index contributed by atoms with van der Waals surface area (Å²) in [5.41, 5.74) is -0.239. The van der Waals surface area contributed by atoms with Gasteiger partial charge in [0, 0.05) is 4.88 Å². The number of nitrogens with zero attached hydrogens (tertiary/aromatic N) is 1. The molecule has 1 N–H and O–H groups in total. The van der Waals surface area contributed by atoms with Crippen molar-refractivity contribution >= 4 is 39.7 Å². The highest BCUT2D eigenvalue weighted by atomic mass is 32.1. The number of aromatic nitrogens is 2. The topological polar surface area (TPSA) is 64.1 Å². The van der Waals surface area contributed by atoms with E-state index in [0.717, 1.165) is 29.0 Å². The van der Waals surface area contributed by atoms with E-state index in [9.17, 15) is 9.59 Å². The number of unbranched alkanes of at least 4 members (excludes halogenated alkanes) is 1. The molecule has 114 valence electrons. The lowest BCUT2D eigenvalue weighted by atomic mass is 10.3. The molecule has 0 aliphatic heterocycles. The number of carbonyl (C=O) groups excluding carboxylic acids is 1. The summed E-state index contributed by atoms with van der Waals surface area (Å²) in [6.07, 6.45) is 2.63. The summed E-state index contributed by atoms with van der Waals surface area (Å²) in [7, 11) is 0. The number of H-pyrrole nitrogens is 1. The SMILES string of the molecule is CCCCOC(=O)Cn1c(=S)[nH]c2sc(CC)cc2c1=O. The highest BCUT2D eigenvalue weighted by molar-refractivity contribution is 7.71. The zero-order valence-electron chi connectivity index (χ0n) is 12.1. The number of rotatable bonds is 6. The van der Waals surface area contributed by atoms with Crippen LogP contribution in [0, 0.1) is 4.77 Å². The van der Waals surface area contributed by atoms with E-state index in [1.54, 1.807) is 0 Å². The Labute approximate surface area is 131 Å². The average molecular weight is 326 g/mol. The van der Waals surface area contributed by atoms with E-state index < -0.39 is 5.97 Å². The maximum Gasteiger partial charge on any atom is 0.326 e. The molecule has 2 rings (SSSR count). The second kappa shape index (κ2) is 7.00. The average Bonchev–Trinajstić information content (AvgIpc) is 2.87. The third kappa shape index (κ3) is 3.59. The fourth-order valence-electron chi connectivity index (χ4n) is 1.92. The number of aromatic amines is 1. The van der Waals surface area contributed by atoms with Gasteiger partial charge in [-0.1, -0.05) is 20.3 Å². The molecule has 0 fully saturated rings. The Balaban J connectivity index is 2.29. The molecule has 0 aliphatic carbocycles. The fourth-order valence-corrected chi connectivity index (χ4v) is 3.22. The summed E-state index contributed by atoms with van der Waals surface area (Å²) in [4.78, 5) is 29.1. The van der Waals surface area contributed by atoms with E-state index >= 15 is 0 Å². The monoisotopic (exact) mass is 326 g/mol. The first-order chi connectivity index (χ1) is 10.1. The van der Waals surface area contributed by atoms with Crippen LogP contribution in [0.1, 0.15) is 31.6 Å². The number of ether oxygens (including phenoxy) is 1. The molecule has 0 atom stereocenters. The number of fused-ring (bicyclic) bond motifs is 1. The lowest BCUT2D eigenvalue weighted by Gasteiger charge is -2.06. The second-order valence-electron chi connectivity index (χ2n) is 4.70. The first-order valence-electron chi connectivity index (χ1n) is 6.98. The van der Waals surface area contributed by atoms with Gasteiger partial charge in [0.05, 0.1) is 12.0 Å². The van der Waals surface area contributed by atoms with Crippen LogP contribution in [0.25, 0.3) is 10.2 Å². The Morgan fingerprint density at radius 2 is 2.24 bits per heavy atom. The zero-order valence-corrected chi connectivity index (χ0v) is 13.7. The molecule has 0 aliphatic rings. The molecular weight excluding hydrogens is 308 g/mol. The molecule has 2 heterocycles. The first kappa shape index (κ1) is 15.9. The van der Waals surface area contributed by atoms with Crippen LogP contribution in [0.4, 0.5) is 0 Å². The van der Waals surface area contributed by atoms with E-state index in [2.05, 4.69) is 4.98 Å². The lowest BCUT2D eigenvalue weighted by Crippen LogP contribution is -2.26. The van der Waals surface area contributed by atoms with Crippen molar-refractivity contribution in [3.05, 3.63) is 26.1 Å². The predicted molar refractivity (Wildman–Crippen MR) is 86.5 cm³/mol. The van der Waals surface area contributed by atoms with E-state index in [0.29, 0.717) is 12.0 Å². The summed E-state index contributed by atoms with van der Waals surface area (Å²) in [5, 5.41) is 0.576. The van der Waals surface area contributed by atoms with Gasteiger partial charge >= 0.3 is 5.97 Å². The van der Waals surface area contributed by atoms with Gasteiger partial charge in [0.1, 0.15) is 11.4 Å². The molecule has 0 spiro atoms. The van der Waals surface area contributed by atoms with E-state index in [-0.39, 0.29) is 16.9 Å². The number of thiophene rings is 1. The van der Waals surface area contributed by atoms with Crippen molar-refractivity contribution in [2.75, 3.05) is 6.61 Å². The third-order valence-electron chi connectivity index (χ3n) is 3.12. The summed E-state index contributed by atoms with van der Waals surface area (Å²) < 4.78 is 6.59. The minimum atomic E-state index is -0.435. The van der Waals surface area contributed by atoms with Crippen molar-refractivity contribution in [1.82, 2.24) is 9.55 Å². The van der Waals surface area contributed by atoms with E-state index in [4.69, 9.17) is 17.0 Å². The number of nitrogens with one attached hydrogen (secondary N) is 1. The summed E-state index contributed by atoms with van der Waals surface area (Å²) >= 11 is 6.69. The number of hydrogen-bond donors (Lipinski definition) is 1. The largest absolute Gasteiger partial charge is 0.464 e. The molecule has 2 aromatic heterocycles. The quantitative estimate of drug-likeness (QED) is 0.503. The number of aryl methyl sites for hydroxylation is 1. The number of esters is 1. The normalized spacial score (nSPS) is 11.0. The standard InChI is InChI=1S/C14H18N2O3S2/c1-3-5-6-19-11(17)8-16-13(18)10-7-9(4-2)21-12(10)15-14(16)20/h7H,3-6,8H2,1-2H3,(H,15,20). The first-order valence-corrected chi connectivity index (χ1v) is 8.20. The van der Waals surface area contributed by atoms with Gasteiger partial charge in [-0.05, 0) is 31.1 Å². The zero-order chi connectivity index (χ0) is 15.4. The van der Waals surface area contributed by atoms with Gasteiger partial charge in [-0.2, -0.15) is 0 Å². The minimum absolute atomic E-state index is 0.148. The molecule has 0 amide bonds. The van der Waals surface area contributed by atoms with Crippen molar-refractivity contribution in [2.45, 2.75) is 39.7 Å². The molecule has 0 saturated carbocycles. The van der Waals surface area contributed by atoms with Gasteiger partial charge in [-0.25, -0.2) is 0 Å². The highest BCUT2D eigenvalue weighted by Crippen LogP contribution is 2.21. The van der Waals surface area contributed by atoms with Crippen LogP contribution in [-0.4, -0.2) is 22.1 Å². The molecule has 0 saturated heterocycles. The summed E-state index contributed by atoms with van der Waals surface area (Å²) in [5.74, 6) is -0.435. The summed E-state index contributed by atoms with van der Waals surface area (Å²) in [6, 6.07) is 1.85. The van der Waals surface area contributed by atoms with Crippen LogP contribution in [0.5, 0.6) is 0 Å². The van der Waals surface area contributed by atoms with Gasteiger partial charge in [-0.3, -0.25) is 14.2 Å². The van der Waals surface area contributed by atoms with Crippen LogP contribution < -0.4 is 5.56 Å². The van der Waals surface area contributed by atoms with Crippen molar-refractivity contribution in [3.8, 4) is 0 Å². The Morgan fingerprint density at radius 3 is 2.90 bits per heavy atom. The Bertz CT molecular complexity index is 758. The fraction of sp³-hybridized carbons (Fsp3) is 0.500. The van der Waals surface area contributed by atoms with Crippen molar-refractivity contribution < 1.29 is 9.53 Å². The van der Waals surface area contributed by atoms with Crippen molar-refractivity contribution in [2.24, 2.45) is 0 Å². The van der Waals surface area contributed by atoms with Crippen LogP contribution >= 0.6 is 23.6 Å². The second-order valence-corrected chi connectivity index (χ2v) is 6.23. The van der Waals surface area contributed by atoms with Crippen LogP contribution in [0.2, 0.25) is 0 Å². The van der Waals surface area contributed by atoms with Crippen molar-refractivity contribution in [1.29, 1.82) is 0 Å². The van der Waals surface area contributed by atoms with Gasteiger partial charge in [0.15, 0.2) is 4.77 Å². The molecular formula is C14H18N2O3S2. The lowest BCUT2D eigenvalue weighted by molar-refractivity contribution is -0.144. The van der Waals surface area contributed by atoms with Gasteiger partial charge in [0.25, 0.3) is 5.56 Å². The smallest absolute Gasteiger partial charge is 0.326 e. The maximum absolute atomic E-state index is 12.4. The van der Waals surface area contributed by atoms with Crippen LogP contribution in [0.15, 0.2) is 10.9 Å². The molecule has 0 unspecified atom stereocenters. The number of carbonyl (C=O) groups is 1. The molecule has 21 heavy (non-hydrogen) atoms. The van der Waals surface area contributed by atoms with Crippen molar-refractivity contribution in [3.63, 3.8) is 0 Å². The summed E-state index contributed by atoms with van der Waals surface area (Å²) in [6.45, 7) is 4.28. The predicted octanol–water partition coefficient (Wildman–Crippen LogP) is 3.03.